The van der Waals surface area contributed by atoms with Crippen molar-refractivity contribution in [3.8, 4) is 0 Å². The molecule has 0 aromatic rings. The Morgan fingerprint density at radius 1 is 0.408 bits per heavy atom. The largest absolute Gasteiger partial charge is 0.508 e. The molecule has 0 aromatic carbocycles. The van der Waals surface area contributed by atoms with Crippen molar-refractivity contribution >= 4 is 24.1 Å². The lowest BCUT2D eigenvalue weighted by atomic mass is 10.0. The zero-order valence-corrected chi connectivity index (χ0v) is 45.6. The molecule has 0 amide bonds. The Morgan fingerprint density at radius 2 is 0.775 bits per heavy atom. The van der Waals surface area contributed by atoms with Gasteiger partial charge in [0.2, 0.25) is 0 Å². The minimum atomic E-state index is -0.702. The molecular formula is C61H105NO9. The minimum Gasteiger partial charge on any atom is -0.481 e. The van der Waals surface area contributed by atoms with Crippen LogP contribution in [0.2, 0.25) is 0 Å². The lowest BCUT2D eigenvalue weighted by Gasteiger charge is -2.20. The molecule has 0 aliphatic rings. The van der Waals surface area contributed by atoms with E-state index in [9.17, 15) is 19.2 Å². The highest BCUT2D eigenvalue weighted by Crippen LogP contribution is 2.20. The van der Waals surface area contributed by atoms with Crippen molar-refractivity contribution in [1.82, 2.24) is 4.90 Å². The van der Waals surface area contributed by atoms with E-state index in [0.717, 1.165) is 173 Å². The lowest BCUT2D eigenvalue weighted by Crippen LogP contribution is -2.23. The maximum absolute atomic E-state index is 13.4. The molecule has 0 saturated carbocycles. The Balaban J connectivity index is 5.03. The van der Waals surface area contributed by atoms with Crippen molar-refractivity contribution < 1.29 is 43.6 Å². The molecule has 408 valence electrons. The third kappa shape index (κ3) is 55.2. The fraction of sp³-hybridized carbons (Fsp3) is 0.738. The van der Waals surface area contributed by atoms with Crippen LogP contribution in [-0.4, -0.2) is 78.6 Å². The van der Waals surface area contributed by atoms with Crippen molar-refractivity contribution in [2.45, 2.75) is 263 Å². The molecule has 0 aliphatic carbocycles. The molecule has 10 heteroatoms. The van der Waals surface area contributed by atoms with E-state index in [1.807, 2.05) is 14.1 Å². The quantitative estimate of drug-likeness (QED) is 0.0344. The van der Waals surface area contributed by atoms with Crippen molar-refractivity contribution in [2.75, 3.05) is 27.2 Å². The Kier molecular flexibility index (Phi) is 50.9. The number of nitrogens with zero attached hydrogens (tertiary/aromatic N) is 1. The number of carbonyl (C=O) groups excluding carboxylic acids is 2. The van der Waals surface area contributed by atoms with Gasteiger partial charge in [-0.25, -0.2) is 4.79 Å². The van der Waals surface area contributed by atoms with Gasteiger partial charge in [0, 0.05) is 25.8 Å². The molecule has 0 radical (unpaired) electrons. The molecule has 2 atom stereocenters. The summed E-state index contributed by atoms with van der Waals surface area (Å²) in [7, 11) is 3.99. The van der Waals surface area contributed by atoms with Gasteiger partial charge in [-0.3, -0.25) is 14.4 Å². The molecule has 0 bridgehead atoms. The van der Waals surface area contributed by atoms with Crippen LogP contribution in [0.25, 0.3) is 0 Å². The molecule has 0 fully saturated rings. The van der Waals surface area contributed by atoms with E-state index in [-0.39, 0.29) is 37.4 Å². The van der Waals surface area contributed by atoms with Gasteiger partial charge in [0.25, 0.3) is 0 Å². The third-order valence-electron chi connectivity index (χ3n) is 12.5. The predicted octanol–water partition coefficient (Wildman–Crippen LogP) is 17.3. The molecule has 2 N–H and O–H groups in total. The van der Waals surface area contributed by atoms with Crippen LogP contribution in [0.1, 0.15) is 251 Å². The maximum atomic E-state index is 13.4. The number of rotatable bonds is 52. The Bertz CT molecular complexity index is 1360. The smallest absolute Gasteiger partial charge is 0.481 e. The Morgan fingerprint density at radius 3 is 1.21 bits per heavy atom. The van der Waals surface area contributed by atoms with Crippen LogP contribution in [-0.2, 0) is 28.6 Å². The summed E-state index contributed by atoms with van der Waals surface area (Å²) in [4.78, 5) is 49.3. The summed E-state index contributed by atoms with van der Waals surface area (Å²) in [5.74, 6) is -1.63. The van der Waals surface area contributed by atoms with Crippen LogP contribution >= 0.6 is 0 Å². The van der Waals surface area contributed by atoms with E-state index in [0.29, 0.717) is 13.0 Å². The summed E-state index contributed by atoms with van der Waals surface area (Å²) in [6.45, 7) is 3.39. The van der Waals surface area contributed by atoms with Crippen LogP contribution in [0.3, 0.4) is 0 Å². The van der Waals surface area contributed by atoms with Gasteiger partial charge >= 0.3 is 24.1 Å². The maximum Gasteiger partial charge on any atom is 0.508 e. The number of hydrogen-bond acceptors (Lipinski definition) is 8. The van der Waals surface area contributed by atoms with E-state index in [4.69, 9.17) is 24.4 Å². The summed E-state index contributed by atoms with van der Waals surface area (Å²) in [5.41, 5.74) is 0. The first kappa shape index (κ1) is 67.1. The summed E-state index contributed by atoms with van der Waals surface area (Å²) >= 11 is 0. The van der Waals surface area contributed by atoms with Crippen molar-refractivity contribution in [1.29, 1.82) is 0 Å². The number of carboxylic acids is 2. The summed E-state index contributed by atoms with van der Waals surface area (Å²) < 4.78 is 17.4. The molecule has 0 rings (SSSR count). The van der Waals surface area contributed by atoms with Crippen molar-refractivity contribution in [3.63, 3.8) is 0 Å². The number of aliphatic carboxylic acids is 2. The highest BCUT2D eigenvalue weighted by atomic mass is 16.7. The average Bonchev–Trinajstić information content (AvgIpc) is 3.33. The summed E-state index contributed by atoms with van der Waals surface area (Å²) in [5, 5.41) is 17.5. The number of hydrogen-bond donors (Lipinski definition) is 2. The van der Waals surface area contributed by atoms with Crippen LogP contribution in [0.4, 0.5) is 4.79 Å². The van der Waals surface area contributed by atoms with E-state index in [1.165, 1.54) is 51.4 Å². The fourth-order valence-electron chi connectivity index (χ4n) is 8.23. The van der Waals surface area contributed by atoms with Gasteiger partial charge in [-0.1, -0.05) is 176 Å². The highest BCUT2D eigenvalue weighted by Gasteiger charge is 2.20. The number of ether oxygens (including phenoxy) is 3. The number of carboxylic acid groups (broad SMARTS) is 2. The molecule has 0 aliphatic heterocycles. The Labute approximate surface area is 434 Å². The molecule has 0 saturated heterocycles. The molecule has 0 heterocycles. The highest BCUT2D eigenvalue weighted by molar-refractivity contribution is 5.69. The van der Waals surface area contributed by atoms with Gasteiger partial charge < -0.3 is 29.3 Å². The lowest BCUT2D eigenvalue weighted by molar-refractivity contribution is -0.150. The van der Waals surface area contributed by atoms with E-state index >= 15 is 0 Å². The van der Waals surface area contributed by atoms with Gasteiger partial charge in [0.15, 0.2) is 0 Å². The second-order valence-electron chi connectivity index (χ2n) is 19.6. The average molecular weight is 997 g/mol. The van der Waals surface area contributed by atoms with Gasteiger partial charge in [-0.2, -0.15) is 0 Å². The van der Waals surface area contributed by atoms with E-state index in [2.05, 4.69) is 84.7 Å². The topological polar surface area (TPSA) is 140 Å². The zero-order valence-electron chi connectivity index (χ0n) is 45.6. The molecule has 2 unspecified atom stereocenters. The van der Waals surface area contributed by atoms with Crippen LogP contribution < -0.4 is 0 Å². The van der Waals surface area contributed by atoms with Gasteiger partial charge in [0.05, 0.1) is 6.61 Å². The SMILES string of the molecule is CCCCCCCCCCCCC(CCC(=O)OC(CCCC=CCC=CCC=CCCCCCCCC(=O)O)CCCC=CCC=CC/C=C\CCCCCCCC(=O)O)OC(=O)OCCCN(C)C. The van der Waals surface area contributed by atoms with Crippen LogP contribution in [0.15, 0.2) is 72.9 Å². The van der Waals surface area contributed by atoms with Crippen LogP contribution in [0, 0.1) is 0 Å². The first-order chi connectivity index (χ1) is 34.6. The number of carbonyl (C=O) groups is 4. The predicted molar refractivity (Wildman–Crippen MR) is 296 cm³/mol. The van der Waals surface area contributed by atoms with Gasteiger partial charge in [0.1, 0.15) is 12.2 Å². The Hall–Kier alpha value is -3.92. The third-order valence-corrected chi connectivity index (χ3v) is 12.5. The molecule has 10 nitrogen and oxygen atoms in total. The van der Waals surface area contributed by atoms with Crippen molar-refractivity contribution in [2.24, 2.45) is 0 Å². The second kappa shape index (κ2) is 53.9. The molecule has 0 spiro atoms. The second-order valence-corrected chi connectivity index (χ2v) is 19.6. The normalized spacial score (nSPS) is 13.0. The minimum absolute atomic E-state index is 0.153. The standard InChI is InChI=1S/C61H105NO9/c1-4-5-6-7-8-9-26-33-38-43-49-57(71-61(68)69-55-46-54-62(2)3)52-53-60(67)70-56(47-41-36-31-27-22-18-14-10-12-16-20-24-29-34-39-44-50-58(63)64)48-42-37-32-28-23-19-15-11-13-17-21-25-30-35-40-45-51-59(65)66/h12-19,27-28,31-32,56-57H,4-11,20-26,29-30,33-55H2,1-3H3,(H,63,64)(H,65,66)/b16-12-,17-13?,18-14?,19-15?,31-27?,32-28?. The first-order valence-corrected chi connectivity index (χ1v) is 28.6. The van der Waals surface area contributed by atoms with Crippen LogP contribution in [0.5, 0.6) is 0 Å². The number of allylic oxidation sites excluding steroid dienone is 12. The molecular weight excluding hydrogens is 891 g/mol. The monoisotopic (exact) mass is 996 g/mol. The molecule has 71 heavy (non-hydrogen) atoms. The van der Waals surface area contributed by atoms with Gasteiger partial charge in [-0.15, -0.1) is 0 Å². The summed E-state index contributed by atoms with van der Waals surface area (Å²) in [6.07, 6.45) is 61.9. The number of esters is 1. The number of unbranched alkanes of at least 4 members (excludes halogenated alkanes) is 21. The fourth-order valence-corrected chi connectivity index (χ4v) is 8.23. The van der Waals surface area contributed by atoms with Gasteiger partial charge in [-0.05, 0) is 143 Å². The first-order valence-electron chi connectivity index (χ1n) is 28.6. The van der Waals surface area contributed by atoms with E-state index < -0.39 is 18.1 Å². The summed E-state index contributed by atoms with van der Waals surface area (Å²) in [6, 6.07) is 0. The zero-order chi connectivity index (χ0) is 51.9. The molecule has 0 aromatic heterocycles. The van der Waals surface area contributed by atoms with Crippen molar-refractivity contribution in [3.05, 3.63) is 72.9 Å². The van der Waals surface area contributed by atoms with E-state index in [1.54, 1.807) is 0 Å².